The molecule has 1 saturated heterocycles. The number of terminal acetylenes is 1. The summed E-state index contributed by atoms with van der Waals surface area (Å²) in [6.45, 7) is 9.57. The molecule has 324 valence electrons. The molecule has 2 aliphatic carbocycles. The normalized spacial score (nSPS) is 20.3. The Balaban J connectivity index is 1.40. The van der Waals surface area contributed by atoms with Gasteiger partial charge in [-0.2, -0.15) is 16.1 Å². The summed E-state index contributed by atoms with van der Waals surface area (Å²) in [5.74, 6) is 0.716. The lowest BCUT2D eigenvalue weighted by Gasteiger charge is -2.36. The van der Waals surface area contributed by atoms with Crippen LogP contribution in [-0.2, 0) is 42.0 Å². The highest BCUT2D eigenvalue weighted by molar-refractivity contribution is 7.99. The quantitative estimate of drug-likeness (QED) is 0.0712. The molecule has 1 aromatic heterocycles. The molecule has 3 aliphatic rings. The van der Waals surface area contributed by atoms with Gasteiger partial charge in [0.25, 0.3) is 15.9 Å². The summed E-state index contributed by atoms with van der Waals surface area (Å²) in [6, 6.07) is 8.09. The predicted octanol–water partition coefficient (Wildman–Crippen LogP) is 3.33. The zero-order chi connectivity index (χ0) is 43.6. The highest BCUT2D eigenvalue weighted by Crippen LogP contribution is 2.43. The Morgan fingerprint density at radius 3 is 2.37 bits per heavy atom. The largest absolute Gasteiger partial charge is 0.346 e. The van der Waals surface area contributed by atoms with Gasteiger partial charge in [0.05, 0.1) is 6.04 Å². The van der Waals surface area contributed by atoms with E-state index in [1.807, 2.05) is 45.0 Å². The second-order valence-corrected chi connectivity index (χ2v) is 20.2. The molecule has 1 aliphatic heterocycles. The number of urea groups is 1. The van der Waals surface area contributed by atoms with Crippen LogP contribution in [0.5, 0.6) is 0 Å². The Morgan fingerprint density at radius 1 is 1.03 bits per heavy atom. The van der Waals surface area contributed by atoms with Gasteiger partial charge < -0.3 is 26.2 Å². The molecule has 1 saturated carbocycles. The number of likely N-dealkylation sites (tertiary alicyclic amines) is 1. The summed E-state index contributed by atoms with van der Waals surface area (Å²) in [7, 11) is -2.55. The number of ketones is 1. The zero-order valence-corrected chi connectivity index (χ0v) is 36.7. The maximum absolute atomic E-state index is 15.1. The summed E-state index contributed by atoms with van der Waals surface area (Å²) in [5.41, 5.74) is 1.53. The number of likely N-dealkylation sites (N-methyl/N-ethyl adjacent to an activating group) is 1. The Morgan fingerprint density at radius 2 is 1.73 bits per heavy atom. The number of amides is 5. The number of sulfonamides is 1. The second-order valence-electron chi connectivity index (χ2n) is 17.0. The molecular formula is C44H59N7O7S2. The van der Waals surface area contributed by atoms with E-state index in [1.165, 1.54) is 37.1 Å². The molecule has 14 nitrogen and oxygen atoms in total. The molecule has 0 bridgehead atoms. The van der Waals surface area contributed by atoms with Gasteiger partial charge in [-0.25, -0.2) is 18.2 Å². The second kappa shape index (κ2) is 20.7. The van der Waals surface area contributed by atoms with Crippen LogP contribution in [0.15, 0.2) is 66.3 Å². The minimum absolute atomic E-state index is 0.0474. The number of carbonyl (C=O) groups is 5. The molecule has 16 heteroatoms. The van der Waals surface area contributed by atoms with Crippen molar-refractivity contribution in [3.63, 3.8) is 0 Å². The standard InChI is InChI=1S/C44H59N7O7S2/c1-7-9-23-59-24-20-34(39(52)41(54)46-21-8-2)47-40(53)38-33-18-14-17-31(33)27-51(38)42(55)37(32-25-29-15-10-11-16-30(29)26-32)49-43(56)48-35(44(3,4)5)28-50(6)60(57,58)36-19-12-13-22-45-36/h1,8,10-13,15-16,19,22,31-35,37-38H,2,9,14,17-18,20-21,23-28H2,3-6H3,(H,46,54)(H,47,53)(H2,48,49,56)/t31-,33-,34?,35+,37-,38-/m0/s1. The first kappa shape index (κ1) is 46.3. The number of thioether (sulfide) groups is 1. The van der Waals surface area contributed by atoms with Crippen molar-refractivity contribution in [1.82, 2.24) is 35.5 Å². The number of hydrogen-bond donors (Lipinski definition) is 4. The van der Waals surface area contributed by atoms with E-state index in [0.717, 1.165) is 28.3 Å². The Bertz CT molecular complexity index is 2010. The lowest BCUT2D eigenvalue weighted by molar-refractivity contribution is -0.144. The number of aromatic nitrogens is 1. The van der Waals surface area contributed by atoms with E-state index in [0.29, 0.717) is 43.7 Å². The Hall–Kier alpha value is -4.72. The fourth-order valence-electron chi connectivity index (χ4n) is 8.52. The van der Waals surface area contributed by atoms with Crippen LogP contribution in [0.2, 0.25) is 0 Å². The van der Waals surface area contributed by atoms with E-state index < -0.39 is 69.1 Å². The first-order valence-electron chi connectivity index (χ1n) is 20.6. The summed E-state index contributed by atoms with van der Waals surface area (Å²) < 4.78 is 28.0. The summed E-state index contributed by atoms with van der Waals surface area (Å²) in [6.07, 6.45) is 12.5. The average molecular weight is 862 g/mol. The third-order valence-electron chi connectivity index (χ3n) is 11.9. The lowest BCUT2D eigenvalue weighted by atomic mass is 9.86. The van der Waals surface area contributed by atoms with Gasteiger partial charge in [0.2, 0.25) is 17.6 Å². The van der Waals surface area contributed by atoms with E-state index in [2.05, 4.69) is 38.8 Å². The van der Waals surface area contributed by atoms with E-state index in [9.17, 15) is 27.6 Å². The SMILES string of the molecule is C#CCCSCCC(NC(=O)[C@@H]1[C@H]2CCC[C@H]2CN1C(=O)[C@@H](NC(=O)N[C@H](CN(C)S(=O)(=O)c1ccccn1)C(C)(C)C)C1Cc2ccccc2C1)C(=O)C(=O)NCC=C. The highest BCUT2D eigenvalue weighted by Gasteiger charge is 2.52. The fourth-order valence-corrected chi connectivity index (χ4v) is 10.5. The smallest absolute Gasteiger partial charge is 0.315 e. The van der Waals surface area contributed by atoms with Crippen molar-refractivity contribution in [1.29, 1.82) is 0 Å². The monoisotopic (exact) mass is 861 g/mol. The average Bonchev–Trinajstić information content (AvgIpc) is 3.96. The molecule has 4 N–H and O–H groups in total. The molecule has 1 aromatic carbocycles. The van der Waals surface area contributed by atoms with E-state index in [4.69, 9.17) is 6.42 Å². The van der Waals surface area contributed by atoms with Crippen LogP contribution in [-0.4, -0.2) is 114 Å². The van der Waals surface area contributed by atoms with Gasteiger partial charge in [0, 0.05) is 51.1 Å². The number of hydrogen-bond acceptors (Lipinski definition) is 9. The highest BCUT2D eigenvalue weighted by atomic mass is 32.2. The number of fused-ring (bicyclic) bond motifs is 2. The molecular weight excluding hydrogens is 803 g/mol. The maximum Gasteiger partial charge on any atom is 0.315 e. The van der Waals surface area contributed by atoms with Gasteiger partial charge in [-0.15, -0.1) is 18.9 Å². The van der Waals surface area contributed by atoms with Crippen LogP contribution in [0.4, 0.5) is 4.79 Å². The van der Waals surface area contributed by atoms with E-state index in [-0.39, 0.29) is 42.3 Å². The summed E-state index contributed by atoms with van der Waals surface area (Å²) in [4.78, 5) is 75.6. The van der Waals surface area contributed by atoms with Crippen molar-refractivity contribution in [2.75, 3.05) is 38.2 Å². The number of benzene rings is 1. The Labute approximate surface area is 358 Å². The number of pyridine rings is 1. The molecule has 0 radical (unpaired) electrons. The van der Waals surface area contributed by atoms with Crippen molar-refractivity contribution in [3.05, 3.63) is 72.4 Å². The molecule has 60 heavy (non-hydrogen) atoms. The summed E-state index contributed by atoms with van der Waals surface area (Å²) >= 11 is 1.52. The molecule has 1 unspecified atom stereocenters. The van der Waals surface area contributed by atoms with Crippen LogP contribution < -0.4 is 21.3 Å². The van der Waals surface area contributed by atoms with Gasteiger partial charge in [0.15, 0.2) is 5.03 Å². The first-order chi connectivity index (χ1) is 28.6. The van der Waals surface area contributed by atoms with Crippen LogP contribution in [0, 0.1) is 35.5 Å². The predicted molar refractivity (Wildman–Crippen MR) is 232 cm³/mol. The molecule has 2 heterocycles. The number of carbonyl (C=O) groups excluding carboxylic acids is 5. The van der Waals surface area contributed by atoms with E-state index >= 15 is 4.79 Å². The van der Waals surface area contributed by atoms with Gasteiger partial charge in [-0.1, -0.05) is 63.6 Å². The minimum atomic E-state index is -3.98. The van der Waals surface area contributed by atoms with Crippen LogP contribution in [0.25, 0.3) is 0 Å². The number of rotatable bonds is 19. The molecule has 5 rings (SSSR count). The Kier molecular flexibility index (Phi) is 16.0. The van der Waals surface area contributed by atoms with Crippen molar-refractivity contribution in [2.24, 2.45) is 23.2 Å². The third kappa shape index (κ3) is 11.3. The third-order valence-corrected chi connectivity index (χ3v) is 14.6. The van der Waals surface area contributed by atoms with Crippen molar-refractivity contribution < 1.29 is 32.4 Å². The van der Waals surface area contributed by atoms with Gasteiger partial charge in [0.1, 0.15) is 12.1 Å². The molecule has 5 amide bonds. The fraction of sp³-hybridized carbons (Fsp3) is 0.545. The van der Waals surface area contributed by atoms with Crippen LogP contribution >= 0.6 is 11.8 Å². The minimum Gasteiger partial charge on any atom is -0.346 e. The number of nitrogens with zero attached hydrogens (tertiary/aromatic N) is 3. The van der Waals surface area contributed by atoms with Crippen molar-refractivity contribution in [3.8, 4) is 12.3 Å². The van der Waals surface area contributed by atoms with Gasteiger partial charge >= 0.3 is 6.03 Å². The maximum atomic E-state index is 15.1. The first-order valence-corrected chi connectivity index (χ1v) is 23.2. The van der Waals surface area contributed by atoms with Crippen LogP contribution in [0.3, 0.4) is 0 Å². The zero-order valence-electron chi connectivity index (χ0n) is 35.0. The molecule has 2 fully saturated rings. The lowest BCUT2D eigenvalue weighted by Crippen LogP contribution is -2.61. The van der Waals surface area contributed by atoms with Crippen LogP contribution in [0.1, 0.15) is 64.0 Å². The number of Topliss-reactive ketones (excluding diaryl/α,β-unsaturated/α-hetero) is 1. The molecule has 0 spiro atoms. The van der Waals surface area contributed by atoms with Crippen molar-refractivity contribution in [2.45, 2.75) is 94.9 Å². The molecule has 2 aromatic rings. The molecule has 6 atom stereocenters. The summed E-state index contributed by atoms with van der Waals surface area (Å²) in [5, 5.41) is 11.2. The van der Waals surface area contributed by atoms with E-state index in [1.54, 1.807) is 17.0 Å². The van der Waals surface area contributed by atoms with Gasteiger partial charge in [-0.05, 0) is 84.3 Å². The van der Waals surface area contributed by atoms with Gasteiger partial charge in [-0.3, -0.25) is 19.2 Å². The number of nitrogens with one attached hydrogen (secondary N) is 4. The topological polar surface area (TPSA) is 187 Å². The van der Waals surface area contributed by atoms with Crippen molar-refractivity contribution >= 4 is 51.3 Å².